The first-order valence-electron chi connectivity index (χ1n) is 16.7. The van der Waals surface area contributed by atoms with Crippen LogP contribution in [-0.4, -0.2) is 3.21 Å². The number of benzene rings is 4. The average molecular weight is 794 g/mol. The maximum absolute atomic E-state index is 6.55. The molecule has 0 saturated carbocycles. The Balaban J connectivity index is 1.77. The van der Waals surface area contributed by atoms with Gasteiger partial charge in [0.25, 0.3) is 0 Å². The first kappa shape index (κ1) is 36.1. The number of hydrogen-bond donors (Lipinski definition) is 0. The van der Waals surface area contributed by atoms with E-state index >= 15 is 0 Å². The van der Waals surface area contributed by atoms with Gasteiger partial charge in [-0.15, -0.1) is 0 Å². The van der Waals surface area contributed by atoms with Gasteiger partial charge in [-0.25, -0.2) is 0 Å². The minimum atomic E-state index is -2.93. The molecule has 2 aliphatic rings. The van der Waals surface area contributed by atoms with Crippen molar-refractivity contribution in [3.63, 3.8) is 0 Å². The van der Waals surface area contributed by atoms with Crippen LogP contribution in [-0.2, 0) is 55.6 Å². The van der Waals surface area contributed by atoms with Crippen molar-refractivity contribution in [2.24, 2.45) is 0 Å². The van der Waals surface area contributed by atoms with Gasteiger partial charge in [-0.3, -0.25) is 0 Å². The second-order valence-electron chi connectivity index (χ2n) is 15.3. The zero-order valence-electron chi connectivity index (χ0n) is 28.7. The third kappa shape index (κ3) is 7.20. The summed E-state index contributed by atoms with van der Waals surface area (Å²) in [6.07, 6.45) is 9.37. The number of alkyl halides is 4. The zero-order chi connectivity index (χ0) is 34.4. The number of fused-ring (bicyclic) bond motifs is 3. The van der Waals surface area contributed by atoms with Crippen molar-refractivity contribution in [1.29, 1.82) is 0 Å². The summed E-state index contributed by atoms with van der Waals surface area (Å²) in [7, 11) is 0. The van der Waals surface area contributed by atoms with Crippen molar-refractivity contribution < 1.29 is 21.3 Å². The monoisotopic (exact) mass is 790 g/mol. The fraction of sp³-hybridized carbons (Fsp3) is 0.326. The van der Waals surface area contributed by atoms with Crippen molar-refractivity contribution >= 4 is 49.6 Å². The van der Waals surface area contributed by atoms with Gasteiger partial charge in [0, 0.05) is 0 Å². The molecule has 5 heteroatoms. The van der Waals surface area contributed by atoms with E-state index in [1.54, 1.807) is 0 Å². The van der Waals surface area contributed by atoms with Crippen molar-refractivity contribution in [1.82, 2.24) is 0 Å². The fourth-order valence-corrected chi connectivity index (χ4v) is 17.2. The Hall–Kier alpha value is -1.73. The van der Waals surface area contributed by atoms with Gasteiger partial charge >= 0.3 is 318 Å². The first-order valence-corrected chi connectivity index (χ1v) is 23.0. The summed E-state index contributed by atoms with van der Waals surface area (Å²) in [6, 6.07) is 28.1. The molecule has 0 amide bonds. The van der Waals surface area contributed by atoms with Crippen LogP contribution in [0.1, 0.15) is 101 Å². The van der Waals surface area contributed by atoms with Crippen LogP contribution in [0.3, 0.4) is 0 Å². The van der Waals surface area contributed by atoms with E-state index in [4.69, 9.17) is 46.4 Å². The van der Waals surface area contributed by atoms with E-state index in [9.17, 15) is 0 Å². The summed E-state index contributed by atoms with van der Waals surface area (Å²) >= 11 is 23.3. The Morgan fingerprint density at radius 3 is 1.25 bits per heavy atom. The van der Waals surface area contributed by atoms with E-state index in [1.807, 2.05) is 0 Å². The molecule has 0 fully saturated rings. The van der Waals surface area contributed by atoms with Crippen LogP contribution in [0, 0.1) is 0 Å². The van der Waals surface area contributed by atoms with Gasteiger partial charge in [-0.1, -0.05) is 0 Å². The molecule has 0 bridgehead atoms. The molecule has 248 valence electrons. The van der Waals surface area contributed by atoms with Crippen molar-refractivity contribution in [3.8, 4) is 11.1 Å². The standard InChI is InChI=1S/C21H25.C17H14Cl4.C5H5.Zr/c1-20(2,3)16-9-7-14-11-15-8-10-17(21(4,5)6)13-19(15)18(14)12-16;18-8-14-2-12(3-15(6-14)9-19)1-13-4-16(10-20)7-17(5-13)11-21;1-2-4-5-3-1;/h7-13H,1-6H3;2-7H,8-11H2;1-5H;. The number of allylic oxidation sites excluding steroid dienone is 4. The molecule has 2 aliphatic carbocycles. The van der Waals surface area contributed by atoms with E-state index < -0.39 is 21.3 Å². The van der Waals surface area contributed by atoms with Gasteiger partial charge in [0.2, 0.25) is 0 Å². The minimum absolute atomic E-state index is 0.0463. The van der Waals surface area contributed by atoms with Crippen LogP contribution in [0.15, 0.2) is 97.1 Å². The SMILES string of the molecule is CC(C)(C)c1ccc2c(c1)-c1cc(C(C)(C)C)ccc1[CH]2[Zr](=[C](c1cc(CCl)cc(CCl)c1)c1cc(CCl)cc(CCl)c1)[CH]1C=CC=C1. The molecule has 0 atom stereocenters. The molecular formula is C43H44Cl4Zr. The molecule has 0 aliphatic heterocycles. The maximum atomic E-state index is 6.55. The zero-order valence-corrected chi connectivity index (χ0v) is 34.2. The van der Waals surface area contributed by atoms with Gasteiger partial charge in [0.1, 0.15) is 0 Å². The quantitative estimate of drug-likeness (QED) is 0.156. The molecule has 0 nitrogen and oxygen atoms in total. The molecule has 48 heavy (non-hydrogen) atoms. The third-order valence-corrected chi connectivity index (χ3v) is 19.6. The Morgan fingerprint density at radius 1 is 0.542 bits per heavy atom. The molecule has 0 aromatic heterocycles. The molecule has 4 aromatic carbocycles. The predicted molar refractivity (Wildman–Crippen MR) is 207 cm³/mol. The summed E-state index contributed by atoms with van der Waals surface area (Å²) in [5.41, 5.74) is 15.3. The normalized spacial score (nSPS) is 14.5. The molecule has 0 N–H and O–H groups in total. The van der Waals surface area contributed by atoms with E-state index in [0.717, 1.165) is 22.3 Å². The molecule has 0 heterocycles. The second kappa shape index (κ2) is 14.5. The summed E-state index contributed by atoms with van der Waals surface area (Å²) in [5.74, 6) is 1.73. The summed E-state index contributed by atoms with van der Waals surface area (Å²) in [5, 5.41) is 0. The van der Waals surface area contributed by atoms with Gasteiger partial charge in [0.15, 0.2) is 0 Å². The molecule has 0 saturated heterocycles. The topological polar surface area (TPSA) is 0 Å². The molecule has 0 unspecified atom stereocenters. The van der Waals surface area contributed by atoms with E-state index in [2.05, 4.69) is 139 Å². The average Bonchev–Trinajstić information content (AvgIpc) is 3.72. The summed E-state index contributed by atoms with van der Waals surface area (Å²) in [4.78, 5) is 0. The van der Waals surface area contributed by atoms with Gasteiger partial charge in [-0.2, -0.15) is 0 Å². The number of halogens is 4. The fourth-order valence-electron chi connectivity index (χ4n) is 7.28. The Morgan fingerprint density at radius 2 is 0.917 bits per heavy atom. The second-order valence-corrected chi connectivity index (χ2v) is 22.9. The van der Waals surface area contributed by atoms with Crippen LogP contribution in [0.2, 0.25) is 3.63 Å². The predicted octanol–water partition coefficient (Wildman–Crippen LogP) is 13.1. The van der Waals surface area contributed by atoms with Gasteiger partial charge < -0.3 is 0 Å². The van der Waals surface area contributed by atoms with Crippen LogP contribution in [0.4, 0.5) is 0 Å². The molecule has 6 rings (SSSR count). The van der Waals surface area contributed by atoms with Crippen molar-refractivity contribution in [3.05, 3.63) is 153 Å². The molecule has 0 spiro atoms. The van der Waals surface area contributed by atoms with Crippen LogP contribution < -0.4 is 0 Å². The van der Waals surface area contributed by atoms with E-state index in [0.29, 0.717) is 30.8 Å². The summed E-state index contributed by atoms with van der Waals surface area (Å²) < 4.78 is 2.11. The molecule has 0 radical (unpaired) electrons. The Kier molecular flexibility index (Phi) is 10.9. The van der Waals surface area contributed by atoms with Gasteiger partial charge in [-0.05, 0) is 0 Å². The van der Waals surface area contributed by atoms with Crippen LogP contribution in [0.5, 0.6) is 0 Å². The number of rotatable bonds is 8. The van der Waals surface area contributed by atoms with Crippen LogP contribution >= 0.6 is 46.4 Å². The van der Waals surface area contributed by atoms with Gasteiger partial charge in [0.05, 0.1) is 0 Å². The van der Waals surface area contributed by atoms with Crippen molar-refractivity contribution in [2.45, 2.75) is 83.1 Å². The third-order valence-electron chi connectivity index (χ3n) is 9.76. The first-order chi connectivity index (χ1) is 22.9. The van der Waals surface area contributed by atoms with E-state index in [1.165, 1.54) is 47.7 Å². The number of hydrogen-bond acceptors (Lipinski definition) is 0. The summed E-state index contributed by atoms with van der Waals surface area (Å²) in [6.45, 7) is 13.9. The van der Waals surface area contributed by atoms with Crippen LogP contribution in [0.25, 0.3) is 11.1 Å². The Labute approximate surface area is 315 Å². The van der Waals surface area contributed by atoms with E-state index in [-0.39, 0.29) is 10.8 Å². The van der Waals surface area contributed by atoms with Crippen molar-refractivity contribution in [2.75, 3.05) is 0 Å². The molecular weight excluding hydrogens is 750 g/mol. The molecule has 4 aromatic rings. The Bertz CT molecular complexity index is 1770.